The third-order valence-electron chi connectivity index (χ3n) is 4.17. The van der Waals surface area contributed by atoms with E-state index >= 15 is 0 Å². The number of aromatic amines is 1. The summed E-state index contributed by atoms with van der Waals surface area (Å²) in [4.78, 5) is 29.3. The number of nitrogens with one attached hydrogen (secondary N) is 2. The molecule has 0 radical (unpaired) electrons. The minimum atomic E-state index is -0.192. The smallest absolute Gasteiger partial charge is 0.267 e. The monoisotopic (exact) mass is 329 g/mol. The molecule has 1 fully saturated rings. The maximum atomic E-state index is 12.3. The van der Waals surface area contributed by atoms with Crippen LogP contribution in [0.3, 0.4) is 0 Å². The van der Waals surface area contributed by atoms with Crippen molar-refractivity contribution in [3.05, 3.63) is 36.0 Å². The Balaban J connectivity index is 1.50. The Labute approximate surface area is 141 Å². The number of aromatic nitrogens is 1. The van der Waals surface area contributed by atoms with Crippen molar-refractivity contribution in [3.63, 3.8) is 0 Å². The number of carbonyl (C=O) groups excluding carboxylic acids is 2. The average molecular weight is 329 g/mol. The van der Waals surface area contributed by atoms with E-state index in [1.807, 2.05) is 49.1 Å². The first-order valence-corrected chi connectivity index (χ1v) is 8.32. The first-order chi connectivity index (χ1) is 11.5. The molecule has 1 aliphatic rings. The van der Waals surface area contributed by atoms with Gasteiger partial charge in [-0.3, -0.25) is 9.59 Å². The zero-order valence-corrected chi connectivity index (χ0v) is 14.0. The number of ether oxygens (including phenoxy) is 1. The van der Waals surface area contributed by atoms with Gasteiger partial charge in [0.15, 0.2) is 0 Å². The molecular weight excluding hydrogens is 306 g/mol. The first kappa shape index (κ1) is 16.5. The van der Waals surface area contributed by atoms with Crippen LogP contribution in [0.15, 0.2) is 30.3 Å². The van der Waals surface area contributed by atoms with E-state index in [2.05, 4.69) is 10.3 Å². The SMILES string of the molecule is C[C@@H]1CN(C(=O)CCNC(=O)c2cc3ccccc3[nH]2)C[C@H](C)O1. The number of carbonyl (C=O) groups is 2. The lowest BCUT2D eigenvalue weighted by atomic mass is 10.2. The summed E-state index contributed by atoms with van der Waals surface area (Å²) in [6.07, 6.45) is 0.406. The zero-order valence-electron chi connectivity index (χ0n) is 14.0. The van der Waals surface area contributed by atoms with Gasteiger partial charge < -0.3 is 19.9 Å². The largest absolute Gasteiger partial charge is 0.372 e. The molecule has 1 aliphatic heterocycles. The highest BCUT2D eigenvalue weighted by atomic mass is 16.5. The summed E-state index contributed by atoms with van der Waals surface area (Å²) >= 11 is 0. The van der Waals surface area contributed by atoms with Crippen LogP contribution in [0.25, 0.3) is 10.9 Å². The molecule has 2 amide bonds. The van der Waals surface area contributed by atoms with Crippen LogP contribution in [0.2, 0.25) is 0 Å². The second-order valence-corrected chi connectivity index (χ2v) is 6.33. The standard InChI is InChI=1S/C18H23N3O3/c1-12-10-21(11-13(2)24-12)17(22)7-8-19-18(23)16-9-14-5-3-4-6-15(14)20-16/h3-6,9,12-13,20H,7-8,10-11H2,1-2H3,(H,19,23)/t12-,13+. The molecule has 24 heavy (non-hydrogen) atoms. The van der Waals surface area contributed by atoms with Gasteiger partial charge in [0.2, 0.25) is 5.91 Å². The van der Waals surface area contributed by atoms with E-state index in [9.17, 15) is 9.59 Å². The summed E-state index contributed by atoms with van der Waals surface area (Å²) in [7, 11) is 0. The van der Waals surface area contributed by atoms with Gasteiger partial charge in [-0.05, 0) is 26.0 Å². The summed E-state index contributed by atoms with van der Waals surface area (Å²) in [6, 6.07) is 9.55. The van der Waals surface area contributed by atoms with Gasteiger partial charge in [-0.1, -0.05) is 18.2 Å². The normalized spacial score (nSPS) is 21.0. The Hall–Kier alpha value is -2.34. The molecule has 6 nitrogen and oxygen atoms in total. The van der Waals surface area contributed by atoms with Crippen LogP contribution in [0, 0.1) is 0 Å². The Morgan fingerprint density at radius 3 is 2.67 bits per heavy atom. The van der Waals surface area contributed by atoms with Crippen molar-refractivity contribution >= 4 is 22.7 Å². The van der Waals surface area contributed by atoms with E-state index in [4.69, 9.17) is 4.74 Å². The number of hydrogen-bond donors (Lipinski definition) is 2. The van der Waals surface area contributed by atoms with Crippen LogP contribution in [-0.2, 0) is 9.53 Å². The molecular formula is C18H23N3O3. The third kappa shape index (κ3) is 3.76. The van der Waals surface area contributed by atoms with Gasteiger partial charge in [-0.25, -0.2) is 0 Å². The molecule has 0 saturated carbocycles. The van der Waals surface area contributed by atoms with Gasteiger partial charge in [0.25, 0.3) is 5.91 Å². The fourth-order valence-electron chi connectivity index (χ4n) is 3.11. The molecule has 3 rings (SSSR count). The number of para-hydroxylation sites is 1. The van der Waals surface area contributed by atoms with Crippen molar-refractivity contribution in [2.24, 2.45) is 0 Å². The molecule has 0 bridgehead atoms. The molecule has 1 aromatic carbocycles. The molecule has 0 spiro atoms. The fraction of sp³-hybridized carbons (Fsp3) is 0.444. The Kier molecular flexibility index (Phi) is 4.85. The second-order valence-electron chi connectivity index (χ2n) is 6.33. The number of rotatable bonds is 4. The van der Waals surface area contributed by atoms with Crippen LogP contribution in [0.4, 0.5) is 0 Å². The number of nitrogens with zero attached hydrogens (tertiary/aromatic N) is 1. The predicted molar refractivity (Wildman–Crippen MR) is 91.8 cm³/mol. The number of fused-ring (bicyclic) bond motifs is 1. The highest BCUT2D eigenvalue weighted by Crippen LogP contribution is 2.14. The quantitative estimate of drug-likeness (QED) is 0.900. The van der Waals surface area contributed by atoms with Gasteiger partial charge in [-0.2, -0.15) is 0 Å². The zero-order chi connectivity index (χ0) is 17.1. The van der Waals surface area contributed by atoms with Crippen molar-refractivity contribution < 1.29 is 14.3 Å². The van der Waals surface area contributed by atoms with Gasteiger partial charge in [0.05, 0.1) is 12.2 Å². The number of morpholine rings is 1. The van der Waals surface area contributed by atoms with Crippen LogP contribution in [0.5, 0.6) is 0 Å². The maximum absolute atomic E-state index is 12.3. The van der Waals surface area contributed by atoms with E-state index in [-0.39, 0.29) is 24.0 Å². The lowest BCUT2D eigenvalue weighted by Crippen LogP contribution is -2.48. The van der Waals surface area contributed by atoms with Crippen LogP contribution >= 0.6 is 0 Å². The topological polar surface area (TPSA) is 74.4 Å². The summed E-state index contributed by atoms with van der Waals surface area (Å²) in [6.45, 7) is 5.48. The van der Waals surface area contributed by atoms with Crippen LogP contribution < -0.4 is 5.32 Å². The number of benzene rings is 1. The van der Waals surface area contributed by atoms with E-state index < -0.39 is 0 Å². The van der Waals surface area contributed by atoms with Gasteiger partial charge in [0.1, 0.15) is 5.69 Å². The van der Waals surface area contributed by atoms with Crippen molar-refractivity contribution in [2.45, 2.75) is 32.5 Å². The Morgan fingerprint density at radius 1 is 1.25 bits per heavy atom. The van der Waals surface area contributed by atoms with Crippen molar-refractivity contribution in [3.8, 4) is 0 Å². The van der Waals surface area contributed by atoms with Crippen molar-refractivity contribution in [2.75, 3.05) is 19.6 Å². The molecule has 2 heterocycles. The molecule has 0 aliphatic carbocycles. The molecule has 1 saturated heterocycles. The molecule has 128 valence electrons. The van der Waals surface area contributed by atoms with Crippen LogP contribution in [0.1, 0.15) is 30.8 Å². The minimum absolute atomic E-state index is 0.0500. The van der Waals surface area contributed by atoms with Gasteiger partial charge >= 0.3 is 0 Å². The summed E-state index contributed by atoms with van der Waals surface area (Å²) in [5, 5.41) is 3.80. The van der Waals surface area contributed by atoms with Gasteiger partial charge in [-0.15, -0.1) is 0 Å². The molecule has 2 aromatic rings. The number of hydrogen-bond acceptors (Lipinski definition) is 3. The molecule has 2 N–H and O–H groups in total. The Morgan fingerprint density at radius 2 is 1.96 bits per heavy atom. The summed E-state index contributed by atoms with van der Waals surface area (Å²) < 4.78 is 5.63. The highest BCUT2D eigenvalue weighted by Gasteiger charge is 2.25. The summed E-state index contributed by atoms with van der Waals surface area (Å²) in [5.41, 5.74) is 1.44. The predicted octanol–water partition coefficient (Wildman–Crippen LogP) is 1.92. The summed E-state index contributed by atoms with van der Waals surface area (Å²) in [5.74, 6) is -0.142. The maximum Gasteiger partial charge on any atom is 0.267 e. The number of amides is 2. The third-order valence-corrected chi connectivity index (χ3v) is 4.17. The molecule has 0 unspecified atom stereocenters. The lowest BCUT2D eigenvalue weighted by molar-refractivity contribution is -0.143. The first-order valence-electron chi connectivity index (χ1n) is 8.32. The van der Waals surface area contributed by atoms with Crippen LogP contribution in [-0.4, -0.2) is 53.5 Å². The fourth-order valence-corrected chi connectivity index (χ4v) is 3.11. The lowest BCUT2D eigenvalue weighted by Gasteiger charge is -2.35. The van der Waals surface area contributed by atoms with E-state index in [1.54, 1.807) is 0 Å². The molecule has 1 aromatic heterocycles. The Bertz CT molecular complexity index is 697. The number of H-pyrrole nitrogens is 1. The van der Waals surface area contributed by atoms with E-state index in [1.165, 1.54) is 0 Å². The molecule has 2 atom stereocenters. The van der Waals surface area contributed by atoms with E-state index in [0.29, 0.717) is 31.7 Å². The average Bonchev–Trinajstić information content (AvgIpc) is 2.98. The van der Waals surface area contributed by atoms with Gasteiger partial charge in [0, 0.05) is 37.0 Å². The van der Waals surface area contributed by atoms with Crippen molar-refractivity contribution in [1.82, 2.24) is 15.2 Å². The van der Waals surface area contributed by atoms with E-state index in [0.717, 1.165) is 10.9 Å². The minimum Gasteiger partial charge on any atom is -0.372 e. The highest BCUT2D eigenvalue weighted by molar-refractivity contribution is 5.98. The molecule has 6 heteroatoms. The second kappa shape index (κ2) is 7.05. The van der Waals surface area contributed by atoms with Crippen molar-refractivity contribution in [1.29, 1.82) is 0 Å².